The van der Waals surface area contributed by atoms with Crippen LogP contribution in [0.5, 0.6) is 0 Å². The number of hydrogen-bond acceptors (Lipinski definition) is 27. The number of epoxide rings is 2. The molecule has 0 aromatic heterocycles. The first-order valence-electron chi connectivity index (χ1n) is 42.9. The lowest BCUT2D eigenvalue weighted by Crippen LogP contribution is -2.61. The number of rotatable bonds is 23. The van der Waals surface area contributed by atoms with E-state index in [9.17, 15) is 86.9 Å². The fraction of sp³-hybridized carbons (Fsp3) is 0.600. The Balaban J connectivity index is 0.000000296. The lowest BCUT2D eigenvalue weighted by molar-refractivity contribution is -0.162. The number of fused-ring (bicyclic) bond motifs is 10. The fourth-order valence-electron chi connectivity index (χ4n) is 16.7. The standard InChI is InChI=1S/C48H62ClN5O13S.C36H46ClN3O10.C6H13NOS2/c1-26-9-8-10-33(25-56)48(64)22-35(65-46(63)51-48)27(2)42-47(4,67-42)37(21-39(58)53(7)34-19-30(17-26)18-32(24-55)41(34)49)66-45(62)28(3)52(6)38(57)15-16-68-36-20-40(59)54(44(36)61)23-29-11-13-31(14-12-29)43(60)50-5;1-8-10-29(43)39(6)22(4)33(45)49-28-16-30(44)40(7)26-15-23(14-24(18-41)31(26)37)13-20(2)11-9-12-25(19-42)36(47)17-27(48-34(46)38-36)21(3)32-35(28,5)50-32;1-5(10-9)3-4-6(8)7-2/h8-10,18-19,24-25,27-29,31,33,35-37,42,64H,11-17,20-23H2,1-7H3,(H,50,60)(H,51,63);9,11-12,14-15,18-19,21-22,25,27-28,32,47H,8,10,13,16-17H2,1-7H3,(H,38,46);5,9H,3-4H2,1-2H3,(H,7,8)/b10-8+,26-9+;12-9+,20-11+;/t27-,28-,29?,31?,33+,35+,36?,37+,42+,47+,48+;21-,22-,25+,27+,28+,32+,35+,36+;/m11./s1. The zero-order valence-corrected chi connectivity index (χ0v) is 79.2. The number of nitrogens with one attached hydrogen (secondary N) is 4. The molecule has 10 rings (SSSR count). The molecular formula is C90H121Cl2N9O24S3. The van der Waals surface area contributed by atoms with Gasteiger partial charge in [-0.15, -0.1) is 23.4 Å². The Morgan fingerprint density at radius 3 is 1.49 bits per heavy atom. The van der Waals surface area contributed by atoms with Gasteiger partial charge in [-0.1, -0.05) is 109 Å². The number of carbonyl (C=O) groups is 16. The van der Waals surface area contributed by atoms with Crippen molar-refractivity contribution in [2.45, 2.75) is 254 Å². The second-order valence-corrected chi connectivity index (χ2v) is 38.4. The molecule has 5 saturated heterocycles. The summed E-state index contributed by atoms with van der Waals surface area (Å²) < 4.78 is 35.7. The molecule has 8 aliphatic rings. The highest BCUT2D eigenvalue weighted by atomic mass is 35.5. The van der Waals surface area contributed by atoms with E-state index in [1.807, 2.05) is 20.8 Å². The minimum atomic E-state index is -2.04. The second kappa shape index (κ2) is 45.7. The zero-order valence-electron chi connectivity index (χ0n) is 75.2. The molecule has 128 heavy (non-hydrogen) atoms. The summed E-state index contributed by atoms with van der Waals surface area (Å²) in [7, 11) is 10.7. The minimum absolute atomic E-state index is 0.00402. The maximum absolute atomic E-state index is 14.3. The number of hydrogen-bond donors (Lipinski definition) is 7. The van der Waals surface area contributed by atoms with Gasteiger partial charge in [-0.25, -0.2) is 19.2 Å². The number of likely N-dealkylation sites (N-methyl/N-ethyl adjacent to an activating group) is 2. The summed E-state index contributed by atoms with van der Waals surface area (Å²) in [4.78, 5) is 212. The molecule has 6 fully saturated rings. The average Bonchev–Trinajstić information content (AvgIpc) is 1.57. The zero-order chi connectivity index (χ0) is 94.9. The van der Waals surface area contributed by atoms with Crippen molar-refractivity contribution in [1.82, 2.24) is 36.0 Å². The van der Waals surface area contributed by atoms with Crippen molar-refractivity contribution in [2.75, 3.05) is 64.4 Å². The van der Waals surface area contributed by atoms with Crippen LogP contribution in [0.25, 0.3) is 0 Å². The number of esters is 2. The maximum Gasteiger partial charge on any atom is 0.409 e. The van der Waals surface area contributed by atoms with Crippen LogP contribution in [-0.2, 0) is 98.8 Å². The average molecular weight is 1880 g/mol. The molecule has 33 nitrogen and oxygen atoms in total. The largest absolute Gasteiger partial charge is 0.457 e. The van der Waals surface area contributed by atoms with Crippen molar-refractivity contribution in [3.63, 3.8) is 0 Å². The summed E-state index contributed by atoms with van der Waals surface area (Å²) in [5, 5.41) is 33.2. The number of thioether (sulfide) groups is 1. The number of alkyl carbamates (subject to hydrolysis) is 2. The monoisotopic (exact) mass is 1880 g/mol. The summed E-state index contributed by atoms with van der Waals surface area (Å²) >= 11 is 18.5. The number of halogens is 2. The Morgan fingerprint density at radius 2 is 1.09 bits per heavy atom. The maximum atomic E-state index is 14.3. The van der Waals surface area contributed by atoms with Crippen LogP contribution in [0.1, 0.15) is 191 Å². The van der Waals surface area contributed by atoms with Crippen molar-refractivity contribution in [1.29, 1.82) is 0 Å². The van der Waals surface area contributed by atoms with Crippen LogP contribution in [0.4, 0.5) is 21.0 Å². The Morgan fingerprint density at radius 1 is 0.656 bits per heavy atom. The van der Waals surface area contributed by atoms with Gasteiger partial charge in [-0.3, -0.25) is 63.5 Å². The van der Waals surface area contributed by atoms with E-state index in [-0.39, 0.29) is 118 Å². The van der Waals surface area contributed by atoms with Gasteiger partial charge in [0.2, 0.25) is 47.3 Å². The molecule has 2 unspecified atom stereocenters. The summed E-state index contributed by atoms with van der Waals surface area (Å²) in [6.07, 6.45) is 8.58. The number of anilines is 2. The number of aliphatic hydroxyl groups is 2. The number of carbonyl (C=O) groups excluding carboxylic acids is 16. The van der Waals surface area contributed by atoms with E-state index < -0.39 is 149 Å². The van der Waals surface area contributed by atoms with Gasteiger partial charge in [-0.2, -0.15) is 0 Å². The number of thiol groups is 1. The van der Waals surface area contributed by atoms with Crippen LogP contribution in [0, 0.1) is 35.5 Å². The third kappa shape index (κ3) is 25.8. The first kappa shape index (κ1) is 104. The molecule has 8 bridgehead atoms. The van der Waals surface area contributed by atoms with Gasteiger partial charge in [0.25, 0.3) is 0 Å². The molecule has 2 aromatic rings. The fourth-order valence-corrected chi connectivity index (χ4v) is 18.9. The van der Waals surface area contributed by atoms with Crippen LogP contribution >= 0.6 is 57.4 Å². The Hall–Kier alpha value is -9.01. The molecule has 0 radical (unpaired) electrons. The van der Waals surface area contributed by atoms with E-state index in [2.05, 4.69) is 39.9 Å². The minimum Gasteiger partial charge on any atom is -0.457 e. The van der Waals surface area contributed by atoms with Crippen molar-refractivity contribution in [2.24, 2.45) is 35.5 Å². The van der Waals surface area contributed by atoms with E-state index in [0.717, 1.165) is 30.4 Å². The van der Waals surface area contributed by atoms with Crippen molar-refractivity contribution < 1.29 is 115 Å². The highest BCUT2D eigenvalue weighted by Gasteiger charge is 2.66. The van der Waals surface area contributed by atoms with Crippen LogP contribution in [0.3, 0.4) is 0 Å². The van der Waals surface area contributed by atoms with Gasteiger partial charge >= 0.3 is 24.1 Å². The number of aldehydes is 4. The van der Waals surface area contributed by atoms with Crippen LogP contribution < -0.4 is 31.1 Å². The number of likely N-dealkylation sites (tertiary alicyclic amines) is 1. The van der Waals surface area contributed by atoms with E-state index >= 15 is 0 Å². The molecule has 7 aliphatic heterocycles. The predicted octanol–water partition coefficient (Wildman–Crippen LogP) is 9.32. The summed E-state index contributed by atoms with van der Waals surface area (Å²) in [5.74, 6) is -7.17. The number of allylic oxidation sites excluding steroid dienone is 6. The molecular weight excluding hydrogens is 1760 g/mol. The Kier molecular flexibility index (Phi) is 37.3. The molecule has 38 heteroatoms. The number of imide groups is 1. The van der Waals surface area contributed by atoms with E-state index in [0.29, 0.717) is 86.6 Å². The molecule has 10 amide bonds. The molecule has 18 atom stereocenters. The smallest absolute Gasteiger partial charge is 0.409 e. The summed E-state index contributed by atoms with van der Waals surface area (Å²) in [5.41, 5.74) is -2.98. The van der Waals surface area contributed by atoms with Crippen LogP contribution in [-0.4, -0.2) is 258 Å². The Labute approximate surface area is 769 Å². The molecule has 7 heterocycles. The lowest BCUT2D eigenvalue weighted by Gasteiger charge is -2.41. The topological polar surface area (TPSA) is 440 Å². The molecule has 6 N–H and O–H groups in total. The molecule has 1 saturated carbocycles. The third-order valence-electron chi connectivity index (χ3n) is 25.4. The van der Waals surface area contributed by atoms with E-state index in [4.69, 9.17) is 51.6 Å². The summed E-state index contributed by atoms with van der Waals surface area (Å²) in [6.45, 7) is 17.6. The van der Waals surface area contributed by atoms with Gasteiger partial charge in [0, 0.05) is 127 Å². The van der Waals surface area contributed by atoms with Crippen molar-refractivity contribution >= 4 is 165 Å². The molecule has 702 valence electrons. The number of ether oxygens (including phenoxy) is 6. The lowest BCUT2D eigenvalue weighted by atomic mass is 9.81. The second-order valence-electron chi connectivity index (χ2n) is 34.7. The Bertz CT molecular complexity index is 4640. The van der Waals surface area contributed by atoms with Crippen molar-refractivity contribution in [3.05, 3.63) is 104 Å². The van der Waals surface area contributed by atoms with Gasteiger partial charge < -0.3 is 78.5 Å². The number of nitrogens with zero attached hydrogens (tertiary/aromatic N) is 5. The first-order chi connectivity index (χ1) is 60.3. The van der Waals surface area contributed by atoms with Crippen LogP contribution in [0.15, 0.2) is 71.9 Å². The van der Waals surface area contributed by atoms with Gasteiger partial charge in [-0.05, 0) is 134 Å². The molecule has 1 aliphatic carbocycles. The van der Waals surface area contributed by atoms with E-state index in [1.54, 1.807) is 90.4 Å². The quantitative estimate of drug-likeness (QED) is 0.0104. The van der Waals surface area contributed by atoms with Gasteiger partial charge in [0.15, 0.2) is 24.0 Å². The third-order valence-corrected chi connectivity index (χ3v) is 29.2. The van der Waals surface area contributed by atoms with Gasteiger partial charge in [0.05, 0.1) is 63.6 Å². The summed E-state index contributed by atoms with van der Waals surface area (Å²) in [6, 6.07) is 4.41. The number of amides is 10. The van der Waals surface area contributed by atoms with Crippen LogP contribution in [0.2, 0.25) is 10.0 Å². The normalized spacial score (nSPS) is 30.9. The van der Waals surface area contributed by atoms with Crippen molar-refractivity contribution in [3.8, 4) is 0 Å². The molecule has 0 spiro atoms. The predicted molar refractivity (Wildman–Crippen MR) is 483 cm³/mol. The van der Waals surface area contributed by atoms with Gasteiger partial charge in [0.1, 0.15) is 60.3 Å². The molecule has 2 aromatic carbocycles. The van der Waals surface area contributed by atoms with E-state index in [1.165, 1.54) is 101 Å². The highest BCUT2D eigenvalue weighted by Crippen LogP contribution is 2.52. The number of benzene rings is 2. The first-order valence-corrected chi connectivity index (χ1v) is 46.6. The SMILES string of the molecule is CCCC(=O)N(C)[C@H](C)C(=O)O[C@H]1CC(=O)N(C)c2cc(cc(C=O)c2Cl)C/C(C)=C/C=C/[C@@H](C=O)[C@@]2(O)C[C@H](OC(=O)N2)[C@@H](C)[C@@H]2O[C@@]12C.CNC(=O)C1CCC(CN2C(=O)CC(SCCC(=O)N(C)[C@H](C)C(=O)O[C@H]3CC(=O)N(C)c4cc(cc(C=O)c4Cl)C/C(C)=C/C=C/[C@@H](C=O)[C@@]4(O)C[C@H](OC(=O)N4)[C@@H](C)[C@@H]4O[C@@]34C)C2=O)CC1.CNC(=O)CCC(C)SS. The highest BCUT2D eigenvalue weighted by molar-refractivity contribution is 8.68.